The first-order chi connectivity index (χ1) is 8.59. The van der Waals surface area contributed by atoms with Crippen molar-refractivity contribution in [2.45, 2.75) is 0 Å². The molecule has 0 unspecified atom stereocenters. The lowest BCUT2D eigenvalue weighted by molar-refractivity contribution is 0.0981. The Bertz CT molecular complexity index is 605. The van der Waals surface area contributed by atoms with E-state index < -0.39 is 11.7 Å². The summed E-state index contributed by atoms with van der Waals surface area (Å²) < 4.78 is 12.8. The van der Waals surface area contributed by atoms with Crippen molar-refractivity contribution in [3.63, 3.8) is 0 Å². The number of carbonyl (C=O) groups excluding carboxylic acids is 2. The predicted molar refractivity (Wildman–Crippen MR) is 64.8 cm³/mol. The van der Waals surface area contributed by atoms with Gasteiger partial charge in [0.25, 0.3) is 0 Å². The third-order valence-corrected chi connectivity index (χ3v) is 2.54. The van der Waals surface area contributed by atoms with Gasteiger partial charge in [-0.2, -0.15) is 0 Å². The Hall–Kier alpha value is -2.49. The number of rotatable bonds is 3. The van der Waals surface area contributed by atoms with Gasteiger partial charge in [-0.05, 0) is 30.3 Å². The number of amides is 1. The molecule has 4 heteroatoms. The SMILES string of the molecule is NC(=O)c1ccccc1C(=O)c1ccc(F)cc1. The van der Waals surface area contributed by atoms with Crippen molar-refractivity contribution in [3.05, 3.63) is 71.0 Å². The lowest BCUT2D eigenvalue weighted by atomic mass is 9.98. The summed E-state index contributed by atoms with van der Waals surface area (Å²) in [5.41, 5.74) is 5.89. The van der Waals surface area contributed by atoms with Crippen LogP contribution in [0.25, 0.3) is 0 Å². The maximum Gasteiger partial charge on any atom is 0.249 e. The highest BCUT2D eigenvalue weighted by atomic mass is 19.1. The van der Waals surface area contributed by atoms with Crippen molar-refractivity contribution < 1.29 is 14.0 Å². The summed E-state index contributed by atoms with van der Waals surface area (Å²) in [4.78, 5) is 23.4. The first kappa shape index (κ1) is 12.0. The second kappa shape index (κ2) is 4.79. The molecule has 0 aliphatic carbocycles. The maximum absolute atomic E-state index is 12.8. The van der Waals surface area contributed by atoms with E-state index in [0.717, 1.165) is 0 Å². The lowest BCUT2D eigenvalue weighted by Crippen LogP contribution is -2.16. The number of carbonyl (C=O) groups is 2. The van der Waals surface area contributed by atoms with Crippen LogP contribution < -0.4 is 5.73 Å². The molecule has 0 fully saturated rings. The summed E-state index contributed by atoms with van der Waals surface area (Å²) >= 11 is 0. The molecule has 0 spiro atoms. The number of hydrogen-bond acceptors (Lipinski definition) is 2. The van der Waals surface area contributed by atoms with E-state index in [1.165, 1.54) is 36.4 Å². The summed E-state index contributed by atoms with van der Waals surface area (Å²) in [5, 5.41) is 0. The van der Waals surface area contributed by atoms with Crippen LogP contribution in [-0.2, 0) is 0 Å². The number of primary amides is 1. The molecule has 0 bridgehead atoms. The Morgan fingerprint density at radius 1 is 0.889 bits per heavy atom. The van der Waals surface area contributed by atoms with Gasteiger partial charge in [-0.15, -0.1) is 0 Å². The molecule has 2 aromatic rings. The molecular formula is C14H10FNO2. The Labute approximate surface area is 103 Å². The molecule has 0 aromatic heterocycles. The van der Waals surface area contributed by atoms with E-state index in [0.29, 0.717) is 5.56 Å². The standard InChI is InChI=1S/C14H10FNO2/c15-10-7-5-9(6-8-10)13(17)11-3-1-2-4-12(11)14(16)18/h1-8H,(H2,16,18). The highest BCUT2D eigenvalue weighted by Crippen LogP contribution is 2.14. The zero-order chi connectivity index (χ0) is 13.1. The van der Waals surface area contributed by atoms with Crippen LogP contribution in [0.15, 0.2) is 48.5 Å². The van der Waals surface area contributed by atoms with Crippen molar-refractivity contribution in [1.82, 2.24) is 0 Å². The number of nitrogens with two attached hydrogens (primary N) is 1. The topological polar surface area (TPSA) is 60.2 Å². The number of ketones is 1. The van der Waals surface area contributed by atoms with Crippen LogP contribution in [0.2, 0.25) is 0 Å². The minimum absolute atomic E-state index is 0.159. The van der Waals surface area contributed by atoms with Crippen molar-refractivity contribution in [1.29, 1.82) is 0 Å². The zero-order valence-electron chi connectivity index (χ0n) is 9.39. The Morgan fingerprint density at radius 3 is 2.00 bits per heavy atom. The van der Waals surface area contributed by atoms with E-state index in [-0.39, 0.29) is 16.9 Å². The largest absolute Gasteiger partial charge is 0.366 e. The lowest BCUT2D eigenvalue weighted by Gasteiger charge is -2.05. The van der Waals surface area contributed by atoms with Gasteiger partial charge in [-0.1, -0.05) is 18.2 Å². The van der Waals surface area contributed by atoms with E-state index in [2.05, 4.69) is 0 Å². The molecule has 3 nitrogen and oxygen atoms in total. The fraction of sp³-hybridized carbons (Fsp3) is 0. The molecule has 0 heterocycles. The second-order valence-corrected chi connectivity index (χ2v) is 3.75. The smallest absolute Gasteiger partial charge is 0.249 e. The Kier molecular flexibility index (Phi) is 3.19. The molecule has 0 radical (unpaired) electrons. The molecule has 18 heavy (non-hydrogen) atoms. The fourth-order valence-corrected chi connectivity index (χ4v) is 1.65. The Morgan fingerprint density at radius 2 is 1.44 bits per heavy atom. The van der Waals surface area contributed by atoms with Crippen LogP contribution in [-0.4, -0.2) is 11.7 Å². The van der Waals surface area contributed by atoms with Crippen LogP contribution in [0.4, 0.5) is 4.39 Å². The molecule has 2 N–H and O–H groups in total. The van der Waals surface area contributed by atoms with Gasteiger partial charge >= 0.3 is 0 Å². The molecule has 2 aromatic carbocycles. The predicted octanol–water partition coefficient (Wildman–Crippen LogP) is 2.16. The summed E-state index contributed by atoms with van der Waals surface area (Å²) in [6, 6.07) is 11.4. The highest BCUT2D eigenvalue weighted by molar-refractivity contribution is 6.15. The van der Waals surface area contributed by atoms with Crippen LogP contribution in [0.1, 0.15) is 26.3 Å². The third-order valence-electron chi connectivity index (χ3n) is 2.54. The van der Waals surface area contributed by atoms with E-state index >= 15 is 0 Å². The van der Waals surface area contributed by atoms with Gasteiger partial charge < -0.3 is 5.73 Å². The monoisotopic (exact) mass is 243 g/mol. The number of benzene rings is 2. The van der Waals surface area contributed by atoms with Gasteiger partial charge in [-0.25, -0.2) is 4.39 Å². The average Bonchev–Trinajstić information content (AvgIpc) is 2.39. The minimum atomic E-state index is -0.666. The van der Waals surface area contributed by atoms with Gasteiger partial charge in [0.1, 0.15) is 5.82 Å². The van der Waals surface area contributed by atoms with Gasteiger partial charge in [0.15, 0.2) is 5.78 Å². The van der Waals surface area contributed by atoms with Crippen LogP contribution in [0.5, 0.6) is 0 Å². The molecular weight excluding hydrogens is 233 g/mol. The zero-order valence-corrected chi connectivity index (χ0v) is 9.39. The van der Waals surface area contributed by atoms with E-state index in [4.69, 9.17) is 5.73 Å². The summed E-state index contributed by atoms with van der Waals surface area (Å²) in [6.45, 7) is 0. The van der Waals surface area contributed by atoms with Gasteiger partial charge in [0.05, 0.1) is 5.56 Å². The molecule has 0 atom stereocenters. The van der Waals surface area contributed by atoms with Crippen molar-refractivity contribution >= 4 is 11.7 Å². The molecule has 2 rings (SSSR count). The van der Waals surface area contributed by atoms with E-state index in [9.17, 15) is 14.0 Å². The maximum atomic E-state index is 12.8. The van der Waals surface area contributed by atoms with Gasteiger partial charge in [-0.3, -0.25) is 9.59 Å². The summed E-state index contributed by atoms with van der Waals surface area (Å²) in [7, 11) is 0. The molecule has 90 valence electrons. The minimum Gasteiger partial charge on any atom is -0.366 e. The first-order valence-corrected chi connectivity index (χ1v) is 5.28. The number of halogens is 1. The second-order valence-electron chi connectivity index (χ2n) is 3.75. The van der Waals surface area contributed by atoms with Crippen LogP contribution >= 0.6 is 0 Å². The van der Waals surface area contributed by atoms with Crippen molar-refractivity contribution in [2.75, 3.05) is 0 Å². The van der Waals surface area contributed by atoms with Crippen LogP contribution in [0, 0.1) is 5.82 Å². The first-order valence-electron chi connectivity index (χ1n) is 5.28. The molecule has 0 saturated heterocycles. The van der Waals surface area contributed by atoms with E-state index in [1.807, 2.05) is 0 Å². The normalized spacial score (nSPS) is 10.1. The van der Waals surface area contributed by atoms with E-state index in [1.54, 1.807) is 12.1 Å². The molecule has 0 saturated carbocycles. The number of hydrogen-bond donors (Lipinski definition) is 1. The Balaban J connectivity index is 2.46. The van der Waals surface area contributed by atoms with Gasteiger partial charge in [0, 0.05) is 11.1 Å². The molecule has 1 amide bonds. The van der Waals surface area contributed by atoms with Crippen molar-refractivity contribution in [2.24, 2.45) is 5.73 Å². The quantitative estimate of drug-likeness (QED) is 0.840. The molecule has 0 aliphatic rings. The summed E-state index contributed by atoms with van der Waals surface area (Å²) in [5.74, 6) is -1.44. The third kappa shape index (κ3) is 2.27. The average molecular weight is 243 g/mol. The fourth-order valence-electron chi connectivity index (χ4n) is 1.65. The highest BCUT2D eigenvalue weighted by Gasteiger charge is 2.15. The van der Waals surface area contributed by atoms with Gasteiger partial charge in [0.2, 0.25) is 5.91 Å². The molecule has 0 aliphatic heterocycles. The van der Waals surface area contributed by atoms with Crippen LogP contribution in [0.3, 0.4) is 0 Å². The van der Waals surface area contributed by atoms with Crippen molar-refractivity contribution in [3.8, 4) is 0 Å². The summed E-state index contributed by atoms with van der Waals surface area (Å²) in [6.07, 6.45) is 0.